The normalized spacial score (nSPS) is 8.50. The summed E-state index contributed by atoms with van der Waals surface area (Å²) >= 11 is 0. The van der Waals surface area contributed by atoms with Gasteiger partial charge in [-0.15, -0.1) is 0 Å². The van der Waals surface area contributed by atoms with Gasteiger partial charge in [0.2, 0.25) is 0 Å². The van der Waals surface area contributed by atoms with E-state index in [1.54, 1.807) is 14.2 Å². The van der Waals surface area contributed by atoms with Crippen molar-refractivity contribution in [3.63, 3.8) is 0 Å². The van der Waals surface area contributed by atoms with E-state index in [0.717, 1.165) is 0 Å². The number of hydrogen-bond acceptors (Lipinski definition) is 4. The van der Waals surface area contributed by atoms with Crippen molar-refractivity contribution in [1.82, 2.24) is 0 Å². The maximum Gasteiger partial charge on any atom is 0.161 e. The Balaban J connectivity index is 0.000000500. The third-order valence-corrected chi connectivity index (χ3v) is 1.34. The standard InChI is InChI=1S/C8H8O3.C2H6O/c1-11-8-4-6(5-9)2-3-7(8)10;1-3-2/h2-5,10H,1H3;1-2H3. The molecule has 0 heterocycles. The summed E-state index contributed by atoms with van der Waals surface area (Å²) in [6.45, 7) is 0. The smallest absolute Gasteiger partial charge is 0.161 e. The lowest BCUT2D eigenvalue weighted by Crippen LogP contribution is -1.85. The first-order valence-electron chi connectivity index (χ1n) is 3.91. The fourth-order valence-electron chi connectivity index (χ4n) is 0.768. The zero-order chi connectivity index (χ0) is 11.0. The molecule has 0 aromatic heterocycles. The van der Waals surface area contributed by atoms with Gasteiger partial charge >= 0.3 is 0 Å². The van der Waals surface area contributed by atoms with Gasteiger partial charge in [-0.2, -0.15) is 0 Å². The van der Waals surface area contributed by atoms with Gasteiger partial charge in [0, 0.05) is 19.8 Å². The quantitative estimate of drug-likeness (QED) is 0.731. The molecule has 0 aliphatic carbocycles. The van der Waals surface area contributed by atoms with Crippen LogP contribution in [0, 0.1) is 0 Å². The van der Waals surface area contributed by atoms with Crippen molar-refractivity contribution in [1.29, 1.82) is 0 Å². The van der Waals surface area contributed by atoms with E-state index in [1.807, 2.05) is 0 Å². The number of methoxy groups -OCH3 is 2. The van der Waals surface area contributed by atoms with Gasteiger partial charge in [0.15, 0.2) is 11.5 Å². The van der Waals surface area contributed by atoms with Crippen LogP contribution in [0.2, 0.25) is 0 Å². The second kappa shape index (κ2) is 6.91. The molecule has 0 radical (unpaired) electrons. The Morgan fingerprint density at radius 2 is 1.86 bits per heavy atom. The van der Waals surface area contributed by atoms with Crippen molar-refractivity contribution < 1.29 is 19.4 Å². The summed E-state index contributed by atoms with van der Waals surface area (Å²) in [6.07, 6.45) is 0.696. The van der Waals surface area contributed by atoms with Gasteiger partial charge in [-0.3, -0.25) is 4.79 Å². The molecule has 78 valence electrons. The van der Waals surface area contributed by atoms with Crippen LogP contribution in [-0.4, -0.2) is 32.7 Å². The Kier molecular flexibility index (Phi) is 6.15. The van der Waals surface area contributed by atoms with E-state index in [1.165, 1.54) is 25.3 Å². The maximum absolute atomic E-state index is 10.2. The number of benzene rings is 1. The van der Waals surface area contributed by atoms with E-state index >= 15 is 0 Å². The molecule has 4 heteroatoms. The first-order chi connectivity index (χ1) is 6.69. The highest BCUT2D eigenvalue weighted by Crippen LogP contribution is 2.25. The number of phenolic OH excluding ortho intramolecular Hbond substituents is 1. The van der Waals surface area contributed by atoms with E-state index in [4.69, 9.17) is 9.84 Å². The molecular formula is C10H14O4. The molecule has 0 aliphatic heterocycles. The SMILES string of the molecule is COC.COc1cc(C=O)ccc1O. The van der Waals surface area contributed by atoms with Crippen LogP contribution >= 0.6 is 0 Å². The predicted molar refractivity (Wildman–Crippen MR) is 53.0 cm³/mol. The van der Waals surface area contributed by atoms with Gasteiger partial charge in [0.25, 0.3) is 0 Å². The minimum Gasteiger partial charge on any atom is -0.504 e. The summed E-state index contributed by atoms with van der Waals surface area (Å²) in [7, 11) is 4.68. The number of aldehydes is 1. The van der Waals surface area contributed by atoms with E-state index in [-0.39, 0.29) is 5.75 Å². The molecule has 1 aromatic rings. The Hall–Kier alpha value is -1.55. The van der Waals surface area contributed by atoms with Gasteiger partial charge in [-0.1, -0.05) is 0 Å². The largest absolute Gasteiger partial charge is 0.504 e. The number of rotatable bonds is 2. The molecule has 14 heavy (non-hydrogen) atoms. The zero-order valence-electron chi connectivity index (χ0n) is 8.48. The monoisotopic (exact) mass is 198 g/mol. The summed E-state index contributed by atoms with van der Waals surface area (Å²) in [5.74, 6) is 0.354. The van der Waals surface area contributed by atoms with Gasteiger partial charge in [0.05, 0.1) is 7.11 Å². The van der Waals surface area contributed by atoms with Crippen LogP contribution < -0.4 is 4.74 Å². The Morgan fingerprint density at radius 3 is 2.29 bits per heavy atom. The van der Waals surface area contributed by atoms with Crippen LogP contribution in [0.4, 0.5) is 0 Å². The molecular weight excluding hydrogens is 184 g/mol. The van der Waals surface area contributed by atoms with Crippen molar-refractivity contribution in [2.24, 2.45) is 0 Å². The maximum atomic E-state index is 10.2. The Bertz CT molecular complexity index is 283. The van der Waals surface area contributed by atoms with Crippen molar-refractivity contribution >= 4 is 6.29 Å². The topological polar surface area (TPSA) is 55.8 Å². The lowest BCUT2D eigenvalue weighted by molar-refractivity contribution is 0.112. The molecule has 0 saturated heterocycles. The molecule has 0 fully saturated rings. The van der Waals surface area contributed by atoms with Gasteiger partial charge in [-0.05, 0) is 18.2 Å². The summed E-state index contributed by atoms with van der Waals surface area (Å²) < 4.78 is 9.03. The van der Waals surface area contributed by atoms with Crippen LogP contribution in [0.15, 0.2) is 18.2 Å². The highest BCUT2D eigenvalue weighted by Gasteiger charge is 2.00. The van der Waals surface area contributed by atoms with Crippen LogP contribution in [0.1, 0.15) is 10.4 Å². The van der Waals surface area contributed by atoms with Crippen molar-refractivity contribution in [2.45, 2.75) is 0 Å². The third-order valence-electron chi connectivity index (χ3n) is 1.34. The molecule has 4 nitrogen and oxygen atoms in total. The van der Waals surface area contributed by atoms with Crippen LogP contribution in [0.5, 0.6) is 11.5 Å². The highest BCUT2D eigenvalue weighted by atomic mass is 16.5. The minimum absolute atomic E-state index is 0.0399. The molecule has 0 saturated carbocycles. The molecule has 0 amide bonds. The fourth-order valence-corrected chi connectivity index (χ4v) is 0.768. The Labute approximate surface area is 83.1 Å². The second-order valence-electron chi connectivity index (χ2n) is 2.46. The van der Waals surface area contributed by atoms with E-state index < -0.39 is 0 Å². The average molecular weight is 198 g/mol. The van der Waals surface area contributed by atoms with Crippen molar-refractivity contribution in [3.8, 4) is 11.5 Å². The lowest BCUT2D eigenvalue weighted by atomic mass is 10.2. The van der Waals surface area contributed by atoms with Gasteiger partial charge < -0.3 is 14.6 Å². The van der Waals surface area contributed by atoms with Gasteiger partial charge in [-0.25, -0.2) is 0 Å². The fraction of sp³-hybridized carbons (Fsp3) is 0.300. The molecule has 1 rings (SSSR count). The first-order valence-corrected chi connectivity index (χ1v) is 3.91. The number of carbonyl (C=O) groups excluding carboxylic acids is 1. The van der Waals surface area contributed by atoms with Gasteiger partial charge in [0.1, 0.15) is 6.29 Å². The van der Waals surface area contributed by atoms with E-state index in [0.29, 0.717) is 17.6 Å². The number of ether oxygens (including phenoxy) is 2. The summed E-state index contributed by atoms with van der Waals surface area (Å²) in [5, 5.41) is 9.09. The minimum atomic E-state index is 0.0399. The number of hydrogen-bond donors (Lipinski definition) is 1. The predicted octanol–water partition coefficient (Wildman–Crippen LogP) is 1.48. The number of carbonyl (C=O) groups is 1. The molecule has 1 aromatic carbocycles. The molecule has 0 bridgehead atoms. The summed E-state index contributed by atoms with van der Waals surface area (Å²) in [6, 6.07) is 4.41. The van der Waals surface area contributed by atoms with E-state index in [2.05, 4.69) is 4.74 Å². The second-order valence-corrected chi connectivity index (χ2v) is 2.46. The van der Waals surface area contributed by atoms with Crippen molar-refractivity contribution in [2.75, 3.05) is 21.3 Å². The first kappa shape index (κ1) is 12.5. The van der Waals surface area contributed by atoms with Crippen LogP contribution in [-0.2, 0) is 4.74 Å². The summed E-state index contributed by atoms with van der Waals surface area (Å²) in [5.41, 5.74) is 0.486. The Morgan fingerprint density at radius 1 is 1.29 bits per heavy atom. The third kappa shape index (κ3) is 3.91. The molecule has 0 aliphatic rings. The molecule has 0 spiro atoms. The highest BCUT2D eigenvalue weighted by molar-refractivity contribution is 5.76. The van der Waals surface area contributed by atoms with E-state index in [9.17, 15) is 4.79 Å². The number of aromatic hydroxyl groups is 1. The van der Waals surface area contributed by atoms with Crippen LogP contribution in [0.3, 0.4) is 0 Å². The lowest BCUT2D eigenvalue weighted by Gasteiger charge is -2.01. The van der Waals surface area contributed by atoms with Crippen LogP contribution in [0.25, 0.3) is 0 Å². The molecule has 1 N–H and O–H groups in total. The zero-order valence-corrected chi connectivity index (χ0v) is 8.48. The molecule has 0 atom stereocenters. The average Bonchev–Trinajstić information content (AvgIpc) is 2.20. The number of phenols is 1. The molecule has 0 unspecified atom stereocenters. The van der Waals surface area contributed by atoms with Crippen molar-refractivity contribution in [3.05, 3.63) is 23.8 Å². The summed E-state index contributed by atoms with van der Waals surface area (Å²) in [4.78, 5) is 10.2.